The number of hydrogen-bond donors (Lipinski definition) is 1. The maximum atomic E-state index is 12.9. The molecule has 1 aliphatic rings. The largest absolute Gasteiger partial charge is 0.463 e. The zero-order chi connectivity index (χ0) is 19.7. The van der Waals surface area contributed by atoms with E-state index in [2.05, 4.69) is 10.2 Å². The van der Waals surface area contributed by atoms with E-state index in [1.807, 2.05) is 38.1 Å². The number of nitrogens with zero attached hydrogens (tertiary/aromatic N) is 2. The fourth-order valence-corrected chi connectivity index (χ4v) is 3.81. The maximum absolute atomic E-state index is 12.9. The lowest BCUT2D eigenvalue weighted by Crippen LogP contribution is -2.40. The molecule has 3 aromatic rings. The van der Waals surface area contributed by atoms with E-state index >= 15 is 0 Å². The second-order valence-electron chi connectivity index (χ2n) is 7.39. The van der Waals surface area contributed by atoms with Crippen LogP contribution in [0.5, 0.6) is 0 Å². The number of amides is 1. The average molecular weight is 377 g/mol. The summed E-state index contributed by atoms with van der Waals surface area (Å²) in [6, 6.07) is 11.2. The van der Waals surface area contributed by atoms with Crippen molar-refractivity contribution < 1.29 is 14.0 Å². The Labute approximate surface area is 163 Å². The highest BCUT2D eigenvalue weighted by molar-refractivity contribution is 5.99. The number of H-pyrrole nitrogens is 1. The minimum absolute atomic E-state index is 0.0386. The molecule has 6 nitrogen and oxygen atoms in total. The van der Waals surface area contributed by atoms with Crippen LogP contribution in [0.4, 0.5) is 0 Å². The molecule has 144 valence electrons. The van der Waals surface area contributed by atoms with Crippen molar-refractivity contribution in [3.8, 4) is 11.5 Å². The van der Waals surface area contributed by atoms with Crippen LogP contribution in [-0.2, 0) is 0 Å². The Morgan fingerprint density at radius 3 is 2.61 bits per heavy atom. The van der Waals surface area contributed by atoms with Gasteiger partial charge in [-0.15, -0.1) is 0 Å². The molecule has 28 heavy (non-hydrogen) atoms. The number of aryl methyl sites for hydroxylation is 2. The van der Waals surface area contributed by atoms with Crippen molar-refractivity contribution in [1.82, 2.24) is 15.1 Å². The molecule has 4 rings (SSSR count). The van der Waals surface area contributed by atoms with Gasteiger partial charge in [-0.05, 0) is 44.4 Å². The summed E-state index contributed by atoms with van der Waals surface area (Å²) < 4.78 is 5.32. The van der Waals surface area contributed by atoms with Gasteiger partial charge in [0.2, 0.25) is 0 Å². The first-order valence-corrected chi connectivity index (χ1v) is 9.53. The molecule has 2 aromatic heterocycles. The van der Waals surface area contributed by atoms with Crippen molar-refractivity contribution in [3.63, 3.8) is 0 Å². The number of benzene rings is 1. The van der Waals surface area contributed by atoms with Gasteiger partial charge in [0.25, 0.3) is 5.91 Å². The number of aromatic amines is 1. The van der Waals surface area contributed by atoms with Gasteiger partial charge in [-0.1, -0.05) is 23.8 Å². The zero-order valence-electron chi connectivity index (χ0n) is 16.1. The van der Waals surface area contributed by atoms with Crippen LogP contribution in [0.25, 0.3) is 11.5 Å². The van der Waals surface area contributed by atoms with Gasteiger partial charge in [0.05, 0.1) is 6.26 Å². The highest BCUT2D eigenvalue weighted by Gasteiger charge is 2.30. The summed E-state index contributed by atoms with van der Waals surface area (Å²) in [5, 5.41) is 6.97. The lowest BCUT2D eigenvalue weighted by atomic mass is 9.87. The Hall–Kier alpha value is -3.15. The lowest BCUT2D eigenvalue weighted by molar-refractivity contribution is 0.0645. The molecule has 1 N–H and O–H groups in total. The standard InChI is InChI=1S/C22H23N3O3/c1-14-5-6-17(15(2)12-14)21(26)16-7-9-25(10-8-16)22(27)19-13-18(23-24-19)20-4-3-11-28-20/h3-6,11-13,16H,7-10H2,1-2H3,(H,23,24). The number of likely N-dealkylation sites (tertiary alicyclic amines) is 1. The number of ketones is 1. The van der Waals surface area contributed by atoms with Gasteiger partial charge in [-0.2, -0.15) is 5.10 Å². The highest BCUT2D eigenvalue weighted by Crippen LogP contribution is 2.25. The summed E-state index contributed by atoms with van der Waals surface area (Å²) >= 11 is 0. The minimum atomic E-state index is -0.119. The summed E-state index contributed by atoms with van der Waals surface area (Å²) in [5.74, 6) is 0.670. The molecule has 3 heterocycles. The van der Waals surface area contributed by atoms with Crippen LogP contribution in [0.15, 0.2) is 47.1 Å². The molecule has 1 aliphatic heterocycles. The van der Waals surface area contributed by atoms with E-state index in [4.69, 9.17) is 4.42 Å². The predicted octanol–water partition coefficient (Wildman–Crippen LogP) is 4.02. The molecule has 0 saturated carbocycles. The van der Waals surface area contributed by atoms with Crippen LogP contribution in [0, 0.1) is 19.8 Å². The number of Topliss-reactive ketones (excluding diaryl/α,β-unsaturated/α-hetero) is 1. The highest BCUT2D eigenvalue weighted by atomic mass is 16.3. The summed E-state index contributed by atoms with van der Waals surface area (Å²) in [6.07, 6.45) is 2.93. The zero-order valence-corrected chi connectivity index (χ0v) is 16.1. The Morgan fingerprint density at radius 1 is 1.14 bits per heavy atom. The smallest absolute Gasteiger partial charge is 0.274 e. The van der Waals surface area contributed by atoms with E-state index in [-0.39, 0.29) is 17.6 Å². The normalized spacial score (nSPS) is 15.0. The van der Waals surface area contributed by atoms with Crippen LogP contribution in [0.3, 0.4) is 0 Å². The van der Waals surface area contributed by atoms with E-state index in [1.54, 1.807) is 23.3 Å². The van der Waals surface area contributed by atoms with Gasteiger partial charge in [0.1, 0.15) is 5.69 Å². The quantitative estimate of drug-likeness (QED) is 0.697. The van der Waals surface area contributed by atoms with Crippen LogP contribution in [0.2, 0.25) is 0 Å². The Kier molecular flexibility index (Phi) is 4.86. The predicted molar refractivity (Wildman–Crippen MR) is 105 cm³/mol. The fourth-order valence-electron chi connectivity index (χ4n) is 3.81. The number of aromatic nitrogens is 2. The van der Waals surface area contributed by atoms with Gasteiger partial charge >= 0.3 is 0 Å². The first-order valence-electron chi connectivity index (χ1n) is 9.53. The van der Waals surface area contributed by atoms with Crippen molar-refractivity contribution >= 4 is 11.7 Å². The Balaban J connectivity index is 1.40. The number of carbonyl (C=O) groups excluding carboxylic acids is 2. The third-order valence-corrected chi connectivity index (χ3v) is 5.38. The van der Waals surface area contributed by atoms with Gasteiger partial charge in [-0.25, -0.2) is 0 Å². The van der Waals surface area contributed by atoms with Crippen molar-refractivity contribution in [2.45, 2.75) is 26.7 Å². The molecule has 1 fully saturated rings. The molecule has 1 aromatic carbocycles. The average Bonchev–Trinajstić information content (AvgIpc) is 3.39. The van der Waals surface area contributed by atoms with Crippen LogP contribution < -0.4 is 0 Å². The number of hydrogen-bond acceptors (Lipinski definition) is 4. The van der Waals surface area contributed by atoms with Gasteiger partial charge in [-0.3, -0.25) is 14.7 Å². The van der Waals surface area contributed by atoms with Gasteiger partial charge in [0.15, 0.2) is 17.2 Å². The number of carbonyl (C=O) groups is 2. The number of nitrogens with one attached hydrogen (secondary N) is 1. The molecule has 1 amide bonds. The Bertz CT molecular complexity index is 996. The Morgan fingerprint density at radius 2 is 1.93 bits per heavy atom. The van der Waals surface area contributed by atoms with Crippen LogP contribution in [0.1, 0.15) is 44.8 Å². The summed E-state index contributed by atoms with van der Waals surface area (Å²) in [7, 11) is 0. The van der Waals surface area contributed by atoms with Crippen molar-refractivity contribution in [2.75, 3.05) is 13.1 Å². The van der Waals surface area contributed by atoms with Gasteiger partial charge < -0.3 is 9.32 Å². The van der Waals surface area contributed by atoms with Crippen molar-refractivity contribution in [2.24, 2.45) is 5.92 Å². The second kappa shape index (κ2) is 7.46. The topological polar surface area (TPSA) is 79.2 Å². The van der Waals surface area contributed by atoms with Gasteiger partial charge in [0, 0.05) is 30.6 Å². The van der Waals surface area contributed by atoms with Crippen molar-refractivity contribution in [3.05, 3.63) is 65.0 Å². The van der Waals surface area contributed by atoms with E-state index in [9.17, 15) is 9.59 Å². The molecular weight excluding hydrogens is 354 g/mol. The third kappa shape index (κ3) is 3.50. The van der Waals surface area contributed by atoms with E-state index in [0.717, 1.165) is 16.7 Å². The van der Waals surface area contributed by atoms with E-state index < -0.39 is 0 Å². The molecule has 0 aliphatic carbocycles. The van der Waals surface area contributed by atoms with Crippen molar-refractivity contribution in [1.29, 1.82) is 0 Å². The first kappa shape index (κ1) is 18.2. The number of piperidine rings is 1. The second-order valence-corrected chi connectivity index (χ2v) is 7.39. The molecule has 0 bridgehead atoms. The van der Waals surface area contributed by atoms with Crippen LogP contribution in [-0.4, -0.2) is 39.9 Å². The number of furan rings is 1. The molecule has 0 radical (unpaired) electrons. The maximum Gasteiger partial charge on any atom is 0.274 e. The summed E-state index contributed by atoms with van der Waals surface area (Å²) in [4.78, 5) is 27.4. The summed E-state index contributed by atoms with van der Waals surface area (Å²) in [5.41, 5.74) is 4.01. The molecule has 1 saturated heterocycles. The third-order valence-electron chi connectivity index (χ3n) is 5.38. The lowest BCUT2D eigenvalue weighted by Gasteiger charge is -2.31. The molecule has 0 spiro atoms. The minimum Gasteiger partial charge on any atom is -0.463 e. The summed E-state index contributed by atoms with van der Waals surface area (Å²) in [6.45, 7) is 5.12. The SMILES string of the molecule is Cc1ccc(C(=O)C2CCN(C(=O)c3cc(-c4ccco4)[nH]n3)CC2)c(C)c1. The molecule has 0 atom stereocenters. The molecule has 6 heteroatoms. The first-order chi connectivity index (χ1) is 13.5. The monoisotopic (exact) mass is 377 g/mol. The fraction of sp³-hybridized carbons (Fsp3) is 0.318. The van der Waals surface area contributed by atoms with Crippen LogP contribution >= 0.6 is 0 Å². The van der Waals surface area contributed by atoms with E-state index in [1.165, 1.54) is 0 Å². The molecule has 0 unspecified atom stereocenters. The number of rotatable bonds is 4. The van der Waals surface area contributed by atoms with E-state index in [0.29, 0.717) is 43.1 Å². The molecular formula is C22H23N3O3.